The van der Waals surface area contributed by atoms with Crippen LogP contribution in [0.15, 0.2) is 54.6 Å². The maximum absolute atomic E-state index is 12.1. The van der Waals surface area contributed by atoms with Crippen LogP contribution in [0.25, 0.3) is 0 Å². The Bertz CT molecular complexity index is 627. The second kappa shape index (κ2) is 5.34. The van der Waals surface area contributed by atoms with Crippen molar-refractivity contribution in [2.24, 2.45) is 0 Å². The van der Waals surface area contributed by atoms with Crippen LogP contribution in [0.2, 0.25) is 0 Å². The molecule has 0 aliphatic rings. The van der Waals surface area contributed by atoms with Gasteiger partial charge in [0.1, 0.15) is 7.05 Å². The highest BCUT2D eigenvalue weighted by atomic mass is 16.8. The maximum Gasteiger partial charge on any atom is 0.410 e. The summed E-state index contributed by atoms with van der Waals surface area (Å²) in [6, 6.07) is 14.5. The van der Waals surface area contributed by atoms with Crippen LogP contribution in [0, 0.1) is 0 Å². The van der Waals surface area contributed by atoms with Crippen molar-refractivity contribution in [2.45, 2.75) is 0 Å². The number of ketones is 1. The summed E-state index contributed by atoms with van der Waals surface area (Å²) in [5.74, 6) is -1.03. The topological polar surface area (TPSA) is 74.6 Å². The van der Waals surface area contributed by atoms with Gasteiger partial charge >= 0.3 is 5.91 Å². The number of carbonyl (C=O) groups is 2. The van der Waals surface area contributed by atoms with Crippen molar-refractivity contribution < 1.29 is 24.8 Å². The fraction of sp³-hybridized carbons (Fsp3) is 0.0667. The van der Waals surface area contributed by atoms with Crippen LogP contribution >= 0.6 is 0 Å². The number of amides is 1. The van der Waals surface area contributed by atoms with E-state index in [4.69, 9.17) is 0 Å². The molecule has 2 aromatic carbocycles. The molecular formula is C15H14NO4+. The molecule has 5 nitrogen and oxygen atoms in total. The van der Waals surface area contributed by atoms with E-state index in [1.165, 1.54) is 24.3 Å². The molecule has 0 aliphatic heterocycles. The zero-order valence-corrected chi connectivity index (χ0v) is 10.9. The standard InChI is InChI=1S/C15H14NO4/c1-16(19,20)15(18)13-9-7-12(8-10-13)14(17)11-5-3-2-4-6-11/h2-10,19-20H,1H3/q+1. The molecule has 2 aromatic rings. The number of nitrogens with zero attached hydrogens (tertiary/aromatic N) is 1. The fourth-order valence-electron chi connectivity index (χ4n) is 1.76. The minimum Gasteiger partial charge on any atom is -0.289 e. The van der Waals surface area contributed by atoms with Gasteiger partial charge in [-0.2, -0.15) is 10.4 Å². The van der Waals surface area contributed by atoms with Gasteiger partial charge in [0.25, 0.3) is 0 Å². The number of benzene rings is 2. The third kappa shape index (κ3) is 2.97. The molecule has 0 radical (unpaired) electrons. The first kappa shape index (κ1) is 14.1. The summed E-state index contributed by atoms with van der Waals surface area (Å²) >= 11 is 0. The minimum absolute atomic E-state index is 0.113. The van der Waals surface area contributed by atoms with Crippen molar-refractivity contribution in [3.8, 4) is 0 Å². The fourth-order valence-corrected chi connectivity index (χ4v) is 1.76. The lowest BCUT2D eigenvalue weighted by molar-refractivity contribution is -1.17. The molecule has 1 amide bonds. The first-order chi connectivity index (χ1) is 9.39. The molecule has 2 N–H and O–H groups in total. The molecule has 102 valence electrons. The van der Waals surface area contributed by atoms with Crippen LogP contribution < -0.4 is 0 Å². The van der Waals surface area contributed by atoms with E-state index < -0.39 is 10.7 Å². The molecule has 0 atom stereocenters. The Kier molecular flexibility index (Phi) is 3.76. The number of hydrogen-bond donors (Lipinski definition) is 2. The lowest BCUT2D eigenvalue weighted by Gasteiger charge is -2.12. The summed E-state index contributed by atoms with van der Waals surface area (Å²) in [5.41, 5.74) is 1.09. The summed E-state index contributed by atoms with van der Waals surface area (Å²) in [6.07, 6.45) is 0. The van der Waals surface area contributed by atoms with Crippen LogP contribution in [0.1, 0.15) is 26.3 Å². The van der Waals surface area contributed by atoms with Gasteiger partial charge in [-0.05, 0) is 12.1 Å². The van der Waals surface area contributed by atoms with E-state index in [2.05, 4.69) is 0 Å². The Morgan fingerprint density at radius 3 is 1.75 bits per heavy atom. The highest BCUT2D eigenvalue weighted by molar-refractivity contribution is 6.09. The highest BCUT2D eigenvalue weighted by Gasteiger charge is 2.29. The highest BCUT2D eigenvalue weighted by Crippen LogP contribution is 2.13. The second-order valence-electron chi connectivity index (χ2n) is 4.49. The molecule has 5 heteroatoms. The molecule has 0 fully saturated rings. The van der Waals surface area contributed by atoms with Crippen LogP contribution in [0.3, 0.4) is 0 Å². The number of quaternary nitrogens is 1. The average Bonchev–Trinajstić information content (AvgIpc) is 2.46. The summed E-state index contributed by atoms with van der Waals surface area (Å²) in [6.45, 7) is 0. The largest absolute Gasteiger partial charge is 0.410 e. The van der Waals surface area contributed by atoms with E-state index >= 15 is 0 Å². The maximum atomic E-state index is 12.1. The monoisotopic (exact) mass is 272 g/mol. The van der Waals surface area contributed by atoms with Crippen molar-refractivity contribution in [1.82, 2.24) is 0 Å². The van der Waals surface area contributed by atoms with Crippen LogP contribution in [-0.2, 0) is 0 Å². The Morgan fingerprint density at radius 1 is 0.800 bits per heavy atom. The molecule has 0 saturated carbocycles. The van der Waals surface area contributed by atoms with Gasteiger partial charge in [0.2, 0.25) is 0 Å². The molecule has 0 bridgehead atoms. The van der Waals surface area contributed by atoms with Gasteiger partial charge in [0.05, 0.1) is 5.56 Å². The van der Waals surface area contributed by atoms with E-state index in [1.807, 2.05) is 6.07 Å². The van der Waals surface area contributed by atoms with Crippen molar-refractivity contribution >= 4 is 11.7 Å². The molecule has 0 heterocycles. The second-order valence-corrected chi connectivity index (χ2v) is 4.49. The van der Waals surface area contributed by atoms with Gasteiger partial charge in [-0.15, -0.1) is 0 Å². The number of hydrogen-bond acceptors (Lipinski definition) is 4. The zero-order valence-electron chi connectivity index (χ0n) is 10.9. The van der Waals surface area contributed by atoms with Crippen LogP contribution in [0.5, 0.6) is 0 Å². The lowest BCUT2D eigenvalue weighted by atomic mass is 10.0. The molecule has 0 aromatic heterocycles. The third-order valence-electron chi connectivity index (χ3n) is 2.81. The predicted octanol–water partition coefficient (Wildman–Crippen LogP) is 2.28. The zero-order chi connectivity index (χ0) is 14.8. The first-order valence-corrected chi connectivity index (χ1v) is 5.96. The van der Waals surface area contributed by atoms with E-state index in [0.717, 1.165) is 7.05 Å². The Morgan fingerprint density at radius 2 is 1.25 bits per heavy atom. The quantitative estimate of drug-likeness (QED) is 0.389. The Hall–Kier alpha value is -2.34. The summed E-state index contributed by atoms with van der Waals surface area (Å²) in [5, 5.41) is 18.3. The van der Waals surface area contributed by atoms with Gasteiger partial charge in [-0.1, -0.05) is 42.5 Å². The molecule has 0 saturated heterocycles. The van der Waals surface area contributed by atoms with Crippen LogP contribution in [0.4, 0.5) is 0 Å². The van der Waals surface area contributed by atoms with E-state index in [-0.39, 0.29) is 11.3 Å². The third-order valence-corrected chi connectivity index (χ3v) is 2.81. The summed E-state index contributed by atoms with van der Waals surface area (Å²) in [7, 11) is 0.936. The van der Waals surface area contributed by atoms with E-state index in [1.54, 1.807) is 24.3 Å². The average molecular weight is 272 g/mol. The Balaban J connectivity index is 2.25. The van der Waals surface area contributed by atoms with Gasteiger partial charge < -0.3 is 0 Å². The summed E-state index contributed by atoms with van der Waals surface area (Å²) in [4.78, 5) is 22.0. The van der Waals surface area contributed by atoms with Crippen LogP contribution in [-0.4, -0.2) is 34.0 Å². The number of hydroxylamine groups is 4. The van der Waals surface area contributed by atoms with E-state index in [9.17, 15) is 20.0 Å². The normalized spacial score (nSPS) is 11.2. The SMILES string of the molecule is C[N+](O)(O)C(=O)c1ccc(C(=O)c2ccccc2)cc1. The molecular weight excluding hydrogens is 258 g/mol. The lowest BCUT2D eigenvalue weighted by Crippen LogP contribution is -2.42. The minimum atomic E-state index is -1.77. The Labute approximate surface area is 115 Å². The van der Waals surface area contributed by atoms with Crippen molar-refractivity contribution in [3.05, 3.63) is 71.3 Å². The van der Waals surface area contributed by atoms with Gasteiger partial charge in [-0.25, -0.2) is 4.79 Å². The van der Waals surface area contributed by atoms with Gasteiger partial charge in [0, 0.05) is 15.9 Å². The van der Waals surface area contributed by atoms with Gasteiger partial charge in [0.15, 0.2) is 5.78 Å². The van der Waals surface area contributed by atoms with Crippen molar-refractivity contribution in [2.75, 3.05) is 7.05 Å². The van der Waals surface area contributed by atoms with Gasteiger partial charge in [-0.3, -0.25) is 4.79 Å². The molecule has 2 rings (SSSR count). The molecule has 20 heavy (non-hydrogen) atoms. The summed E-state index contributed by atoms with van der Waals surface area (Å²) < 4.78 is 0. The molecule has 0 aliphatic carbocycles. The smallest absolute Gasteiger partial charge is 0.289 e. The first-order valence-electron chi connectivity index (χ1n) is 5.96. The molecule has 0 spiro atoms. The molecule has 0 unspecified atom stereocenters. The number of rotatable bonds is 3. The predicted molar refractivity (Wildman–Crippen MR) is 70.4 cm³/mol. The van der Waals surface area contributed by atoms with Crippen molar-refractivity contribution in [1.29, 1.82) is 0 Å². The number of carbonyl (C=O) groups excluding carboxylic acids is 2. The van der Waals surface area contributed by atoms with E-state index in [0.29, 0.717) is 11.1 Å². The van der Waals surface area contributed by atoms with Crippen molar-refractivity contribution in [3.63, 3.8) is 0 Å².